The Balaban J connectivity index is 1.31. The molecule has 174 valence electrons. The molecule has 4 nitrogen and oxygen atoms in total. The average Bonchev–Trinajstić information content (AvgIpc) is 3.09. The van der Waals surface area contributed by atoms with Gasteiger partial charge in [-0.3, -0.25) is 9.69 Å². The van der Waals surface area contributed by atoms with Crippen molar-refractivity contribution >= 4 is 5.78 Å². The minimum Gasteiger partial charge on any atom is -0.393 e. The highest BCUT2D eigenvalue weighted by molar-refractivity contribution is 5.83. The van der Waals surface area contributed by atoms with E-state index in [1.165, 1.54) is 25.8 Å². The van der Waals surface area contributed by atoms with Crippen LogP contribution in [0.25, 0.3) is 0 Å². The van der Waals surface area contributed by atoms with E-state index in [-0.39, 0.29) is 17.4 Å². The van der Waals surface area contributed by atoms with Crippen LogP contribution in [-0.4, -0.2) is 51.7 Å². The van der Waals surface area contributed by atoms with E-state index in [1.807, 2.05) is 0 Å². The Morgan fingerprint density at radius 3 is 2.52 bits per heavy atom. The molecule has 2 N–H and O–H groups in total. The quantitative estimate of drug-likeness (QED) is 0.613. The van der Waals surface area contributed by atoms with Crippen molar-refractivity contribution < 1.29 is 15.0 Å². The van der Waals surface area contributed by atoms with Gasteiger partial charge in [0.1, 0.15) is 5.78 Å². The molecule has 31 heavy (non-hydrogen) atoms. The van der Waals surface area contributed by atoms with E-state index in [4.69, 9.17) is 0 Å². The van der Waals surface area contributed by atoms with Gasteiger partial charge in [-0.1, -0.05) is 13.8 Å². The van der Waals surface area contributed by atoms with Crippen molar-refractivity contribution in [2.45, 2.75) is 96.3 Å². The number of ketones is 1. The molecule has 6 rings (SSSR count). The van der Waals surface area contributed by atoms with Crippen molar-refractivity contribution in [1.29, 1.82) is 0 Å². The van der Waals surface area contributed by atoms with E-state index in [1.54, 1.807) is 0 Å². The lowest BCUT2D eigenvalue weighted by molar-refractivity contribution is -0.175. The summed E-state index contributed by atoms with van der Waals surface area (Å²) in [5.41, 5.74) is -0.482. The predicted molar refractivity (Wildman–Crippen MR) is 120 cm³/mol. The van der Waals surface area contributed by atoms with Crippen LogP contribution in [0, 0.1) is 52.8 Å². The second-order valence-electron chi connectivity index (χ2n) is 13.2. The van der Waals surface area contributed by atoms with Crippen LogP contribution in [-0.2, 0) is 4.79 Å². The normalized spacial score (nSPS) is 59.2. The molecule has 6 fully saturated rings. The zero-order valence-electron chi connectivity index (χ0n) is 19.8. The number of carbonyl (C=O) groups is 1. The highest BCUT2D eigenvalue weighted by Crippen LogP contribution is 2.66. The molecule has 0 aromatic rings. The number of carbonyl (C=O) groups excluding carboxylic acids is 1. The molecular formula is C27H43NO3. The first kappa shape index (κ1) is 21.1. The first-order valence-corrected chi connectivity index (χ1v) is 13.4. The van der Waals surface area contributed by atoms with Gasteiger partial charge in [0.25, 0.3) is 0 Å². The summed E-state index contributed by atoms with van der Waals surface area (Å²) >= 11 is 0. The number of hydrogen-bond acceptors (Lipinski definition) is 4. The maximum absolute atomic E-state index is 13.2. The molecule has 12 atom stereocenters. The Morgan fingerprint density at radius 1 is 0.903 bits per heavy atom. The number of Topliss-reactive ketones (excluding diaryl/α,β-unsaturated/α-hetero) is 1. The Bertz CT molecular complexity index is 751. The highest BCUT2D eigenvalue weighted by atomic mass is 16.3. The molecule has 4 saturated carbocycles. The molecule has 0 unspecified atom stereocenters. The van der Waals surface area contributed by atoms with E-state index in [9.17, 15) is 15.0 Å². The van der Waals surface area contributed by atoms with E-state index in [0.29, 0.717) is 53.8 Å². The second kappa shape index (κ2) is 7.03. The Labute approximate surface area is 188 Å². The van der Waals surface area contributed by atoms with Gasteiger partial charge in [0.2, 0.25) is 0 Å². The van der Waals surface area contributed by atoms with Gasteiger partial charge in [0.15, 0.2) is 0 Å². The van der Waals surface area contributed by atoms with Gasteiger partial charge >= 0.3 is 0 Å². The molecular weight excluding hydrogens is 386 g/mol. The molecule has 0 amide bonds. The summed E-state index contributed by atoms with van der Waals surface area (Å²) in [6, 6.07) is 0.341. The van der Waals surface area contributed by atoms with Crippen LogP contribution in [0.1, 0.15) is 78.6 Å². The number of aliphatic hydroxyl groups is 2. The summed E-state index contributed by atoms with van der Waals surface area (Å²) in [6.07, 6.45) is 9.08. The van der Waals surface area contributed by atoms with Crippen molar-refractivity contribution in [3.8, 4) is 0 Å². The fourth-order valence-electron chi connectivity index (χ4n) is 10.4. The van der Waals surface area contributed by atoms with Crippen LogP contribution in [0.2, 0.25) is 0 Å². The Hall–Kier alpha value is -0.450. The monoisotopic (exact) mass is 429 g/mol. The number of hydrogen-bond donors (Lipinski definition) is 2. The van der Waals surface area contributed by atoms with Gasteiger partial charge < -0.3 is 10.2 Å². The van der Waals surface area contributed by atoms with Crippen LogP contribution in [0.5, 0.6) is 0 Å². The van der Waals surface area contributed by atoms with Crippen molar-refractivity contribution in [2.75, 3.05) is 13.1 Å². The third-order valence-electron chi connectivity index (χ3n) is 11.8. The van der Waals surface area contributed by atoms with Gasteiger partial charge in [0.05, 0.1) is 11.7 Å². The van der Waals surface area contributed by atoms with Crippen LogP contribution in [0.3, 0.4) is 0 Å². The lowest BCUT2D eigenvalue weighted by Gasteiger charge is -2.59. The summed E-state index contributed by atoms with van der Waals surface area (Å²) in [5, 5.41) is 22.1. The topological polar surface area (TPSA) is 60.8 Å². The molecule has 2 saturated heterocycles. The molecule has 2 heterocycles. The largest absolute Gasteiger partial charge is 0.393 e. The summed E-state index contributed by atoms with van der Waals surface area (Å²) in [6.45, 7) is 9.23. The van der Waals surface area contributed by atoms with Gasteiger partial charge in [-0.25, -0.2) is 0 Å². The molecule has 6 aliphatic rings. The maximum atomic E-state index is 13.2. The smallest absolute Gasteiger partial charge is 0.136 e. The highest BCUT2D eigenvalue weighted by Gasteiger charge is 2.64. The van der Waals surface area contributed by atoms with Crippen LogP contribution in [0.15, 0.2) is 0 Å². The maximum Gasteiger partial charge on any atom is 0.136 e. The summed E-state index contributed by atoms with van der Waals surface area (Å²) in [4.78, 5) is 15.9. The van der Waals surface area contributed by atoms with Crippen molar-refractivity contribution in [3.05, 3.63) is 0 Å². The molecule has 2 aliphatic heterocycles. The van der Waals surface area contributed by atoms with Crippen molar-refractivity contribution in [3.63, 3.8) is 0 Å². The minimum atomic E-state index is -0.570. The summed E-state index contributed by atoms with van der Waals surface area (Å²) in [7, 11) is 0. The van der Waals surface area contributed by atoms with Crippen LogP contribution < -0.4 is 0 Å². The van der Waals surface area contributed by atoms with E-state index < -0.39 is 5.60 Å². The molecule has 4 heteroatoms. The molecule has 0 bridgehead atoms. The lowest BCUT2D eigenvalue weighted by atomic mass is 9.51. The number of rotatable bonds is 0. The molecule has 0 aromatic heterocycles. The summed E-state index contributed by atoms with van der Waals surface area (Å²) in [5.74, 6) is 4.82. The molecule has 0 spiro atoms. The average molecular weight is 430 g/mol. The zero-order chi connectivity index (χ0) is 21.7. The third kappa shape index (κ3) is 2.93. The first-order valence-electron chi connectivity index (χ1n) is 13.4. The molecule has 4 aliphatic carbocycles. The first-order chi connectivity index (χ1) is 14.7. The number of aliphatic hydroxyl groups excluding tert-OH is 1. The number of nitrogens with zero attached hydrogens (tertiary/aromatic N) is 1. The zero-order valence-corrected chi connectivity index (χ0v) is 19.8. The van der Waals surface area contributed by atoms with Gasteiger partial charge in [-0.15, -0.1) is 0 Å². The van der Waals surface area contributed by atoms with Gasteiger partial charge in [-0.2, -0.15) is 0 Å². The summed E-state index contributed by atoms with van der Waals surface area (Å²) < 4.78 is 0. The SMILES string of the molecule is C[C@H]1CC[C@H]2N(C1)C[C@H]1[C@@H]3C[C@@H]4[C@@H](CC(=O)[C@@H]5C[C@@H](O)CC[C@]45C)[C@@H]3CC[C@@H]1[C@@]2(C)O. The number of piperidine rings is 2. The lowest BCUT2D eigenvalue weighted by Crippen LogP contribution is -2.67. The minimum absolute atomic E-state index is 0.0789. The van der Waals surface area contributed by atoms with E-state index in [2.05, 4.69) is 25.7 Å². The van der Waals surface area contributed by atoms with Crippen molar-refractivity contribution in [2.24, 2.45) is 52.8 Å². The van der Waals surface area contributed by atoms with E-state index >= 15 is 0 Å². The predicted octanol–water partition coefficient (Wildman–Crippen LogP) is 3.89. The van der Waals surface area contributed by atoms with E-state index in [0.717, 1.165) is 44.6 Å². The Morgan fingerprint density at radius 2 is 1.71 bits per heavy atom. The standard InChI is InChI=1S/C27H43NO3/c1-15-4-7-25-27(3,31)21-6-5-17-18(20(21)14-28(25)13-15)11-22-19(17)12-24(30)23-10-16(29)8-9-26(22,23)2/h15-23,25,29,31H,4-14H2,1-3H3/t15-,16-,17+,18+,19-,20-,21-,22+,23-,25+,26+,27+/m0/s1. The van der Waals surface area contributed by atoms with Crippen molar-refractivity contribution in [1.82, 2.24) is 4.90 Å². The van der Waals surface area contributed by atoms with Gasteiger partial charge in [0, 0.05) is 31.5 Å². The fraction of sp³-hybridized carbons (Fsp3) is 0.963. The Kier molecular flexibility index (Phi) is 4.78. The third-order valence-corrected chi connectivity index (χ3v) is 11.8. The van der Waals surface area contributed by atoms with Crippen LogP contribution in [0.4, 0.5) is 0 Å². The van der Waals surface area contributed by atoms with Crippen LogP contribution >= 0.6 is 0 Å². The second-order valence-corrected chi connectivity index (χ2v) is 13.2. The fourth-order valence-corrected chi connectivity index (χ4v) is 10.4. The van der Waals surface area contributed by atoms with Gasteiger partial charge in [-0.05, 0) is 105 Å². The molecule has 0 aromatic carbocycles. The molecule has 0 radical (unpaired) electrons. The number of fused-ring (bicyclic) bond motifs is 8.